The zero-order valence-electron chi connectivity index (χ0n) is 11.5. The van der Waals surface area contributed by atoms with Crippen LogP contribution in [0.3, 0.4) is 0 Å². The van der Waals surface area contributed by atoms with Crippen LogP contribution in [0.5, 0.6) is 0 Å². The van der Waals surface area contributed by atoms with E-state index in [2.05, 4.69) is 38.1 Å². The number of halogens is 1. The first kappa shape index (κ1) is 15.2. The summed E-state index contributed by atoms with van der Waals surface area (Å²) in [6.07, 6.45) is 0. The minimum absolute atomic E-state index is 0.00468. The van der Waals surface area contributed by atoms with Gasteiger partial charge in [0.05, 0.1) is 6.04 Å². The zero-order valence-corrected chi connectivity index (χ0v) is 13.9. The van der Waals surface area contributed by atoms with Crippen LogP contribution in [-0.4, -0.2) is 23.9 Å². The van der Waals surface area contributed by atoms with Crippen molar-refractivity contribution in [1.29, 1.82) is 0 Å². The fourth-order valence-corrected chi connectivity index (χ4v) is 2.71. The summed E-state index contributed by atoms with van der Waals surface area (Å²) >= 11 is 5.05. The minimum atomic E-state index is -0.182. The molecule has 1 N–H and O–H groups in total. The van der Waals surface area contributed by atoms with Crippen LogP contribution >= 0.6 is 27.3 Å². The molecule has 0 aliphatic carbocycles. The molecule has 5 heteroatoms. The van der Waals surface area contributed by atoms with Crippen LogP contribution in [0.1, 0.15) is 12.5 Å². The Balaban J connectivity index is 1.92. The van der Waals surface area contributed by atoms with Crippen LogP contribution in [0.25, 0.3) is 0 Å². The first-order valence-electron chi connectivity index (χ1n) is 6.34. The van der Waals surface area contributed by atoms with Gasteiger partial charge in [0.2, 0.25) is 5.91 Å². The van der Waals surface area contributed by atoms with Crippen LogP contribution in [0.4, 0.5) is 5.69 Å². The molecule has 1 aromatic heterocycles. The summed E-state index contributed by atoms with van der Waals surface area (Å²) in [7, 11) is 1.96. The number of nitrogens with one attached hydrogen (secondary N) is 1. The van der Waals surface area contributed by atoms with Gasteiger partial charge in [-0.25, -0.2) is 0 Å². The van der Waals surface area contributed by atoms with Crippen LogP contribution in [0.15, 0.2) is 45.6 Å². The molecule has 1 amide bonds. The second kappa shape index (κ2) is 7.02. The summed E-state index contributed by atoms with van der Waals surface area (Å²) < 4.78 is 0.998. The first-order chi connectivity index (χ1) is 9.56. The van der Waals surface area contributed by atoms with Crippen LogP contribution in [0.2, 0.25) is 0 Å². The number of likely N-dealkylation sites (N-methyl/N-ethyl adjacent to an activating group) is 1. The van der Waals surface area contributed by atoms with Gasteiger partial charge in [-0.2, -0.15) is 11.3 Å². The first-order valence-corrected chi connectivity index (χ1v) is 8.07. The van der Waals surface area contributed by atoms with Crippen molar-refractivity contribution in [3.05, 3.63) is 51.1 Å². The molecule has 0 bridgehead atoms. The Hall–Kier alpha value is -1.17. The van der Waals surface area contributed by atoms with E-state index >= 15 is 0 Å². The highest BCUT2D eigenvalue weighted by Crippen LogP contribution is 2.15. The van der Waals surface area contributed by atoms with Crippen LogP contribution < -0.4 is 5.32 Å². The highest BCUT2D eigenvalue weighted by atomic mass is 79.9. The second-order valence-corrected chi connectivity index (χ2v) is 6.41. The molecule has 2 aromatic rings. The van der Waals surface area contributed by atoms with Gasteiger partial charge in [0.15, 0.2) is 0 Å². The molecule has 0 aliphatic rings. The SMILES string of the molecule is C[C@@H](C(=O)Nc1ccc(Br)cc1)N(C)Cc1ccsc1. The van der Waals surface area contributed by atoms with Gasteiger partial charge < -0.3 is 5.32 Å². The molecular weight excluding hydrogens is 336 g/mol. The number of amides is 1. The van der Waals surface area contributed by atoms with Gasteiger partial charge in [-0.05, 0) is 60.6 Å². The molecule has 0 aliphatic heterocycles. The summed E-state index contributed by atoms with van der Waals surface area (Å²) in [6.45, 7) is 2.69. The maximum absolute atomic E-state index is 12.2. The van der Waals surface area contributed by atoms with E-state index in [-0.39, 0.29) is 11.9 Å². The number of anilines is 1. The predicted octanol–water partition coefficient (Wildman–Crippen LogP) is 3.97. The third kappa shape index (κ3) is 4.16. The Morgan fingerprint density at radius 2 is 2.05 bits per heavy atom. The van der Waals surface area contributed by atoms with Gasteiger partial charge in [0.25, 0.3) is 0 Å². The molecule has 1 aromatic carbocycles. The summed E-state index contributed by atoms with van der Waals surface area (Å²) in [5.74, 6) is 0.00468. The topological polar surface area (TPSA) is 32.3 Å². The molecule has 0 saturated carbocycles. The van der Waals surface area contributed by atoms with E-state index in [1.54, 1.807) is 11.3 Å². The zero-order chi connectivity index (χ0) is 14.5. The van der Waals surface area contributed by atoms with Crippen molar-refractivity contribution in [2.45, 2.75) is 19.5 Å². The second-order valence-electron chi connectivity index (χ2n) is 4.72. The summed E-state index contributed by atoms with van der Waals surface area (Å²) in [4.78, 5) is 14.2. The molecule has 0 radical (unpaired) electrons. The van der Waals surface area contributed by atoms with Crippen LogP contribution in [0, 0.1) is 0 Å². The smallest absolute Gasteiger partial charge is 0.241 e. The molecule has 1 atom stereocenters. The molecule has 0 spiro atoms. The minimum Gasteiger partial charge on any atom is -0.325 e. The van der Waals surface area contributed by atoms with E-state index in [4.69, 9.17) is 0 Å². The highest BCUT2D eigenvalue weighted by Gasteiger charge is 2.18. The van der Waals surface area contributed by atoms with Gasteiger partial charge in [0, 0.05) is 16.7 Å². The lowest BCUT2D eigenvalue weighted by Gasteiger charge is -2.23. The van der Waals surface area contributed by atoms with Crippen molar-refractivity contribution in [3.63, 3.8) is 0 Å². The Morgan fingerprint density at radius 1 is 1.35 bits per heavy atom. The number of carbonyl (C=O) groups excluding carboxylic acids is 1. The normalized spacial score (nSPS) is 12.4. The standard InChI is InChI=1S/C15H17BrN2OS/c1-11(18(2)9-12-7-8-20-10-12)15(19)17-14-5-3-13(16)4-6-14/h3-8,10-11H,9H2,1-2H3,(H,17,19)/t11-/m0/s1. The van der Waals surface area contributed by atoms with E-state index in [1.807, 2.05) is 43.1 Å². The van der Waals surface area contributed by atoms with Gasteiger partial charge in [0.1, 0.15) is 0 Å². The number of benzene rings is 1. The lowest BCUT2D eigenvalue weighted by atomic mass is 10.2. The Kier molecular flexibility index (Phi) is 5.34. The average Bonchev–Trinajstić information content (AvgIpc) is 2.93. The van der Waals surface area contributed by atoms with Gasteiger partial charge in [-0.15, -0.1) is 0 Å². The lowest BCUT2D eigenvalue weighted by molar-refractivity contribution is -0.120. The molecule has 2 rings (SSSR count). The molecule has 3 nitrogen and oxygen atoms in total. The van der Waals surface area contributed by atoms with E-state index < -0.39 is 0 Å². The van der Waals surface area contributed by atoms with Gasteiger partial charge in [-0.3, -0.25) is 9.69 Å². The van der Waals surface area contributed by atoms with Crippen molar-refractivity contribution in [2.75, 3.05) is 12.4 Å². The number of hydrogen-bond acceptors (Lipinski definition) is 3. The van der Waals surface area contributed by atoms with Gasteiger partial charge >= 0.3 is 0 Å². The van der Waals surface area contributed by atoms with Gasteiger partial charge in [-0.1, -0.05) is 15.9 Å². The Bertz CT molecular complexity index is 554. The summed E-state index contributed by atoms with van der Waals surface area (Å²) in [5, 5.41) is 7.09. The maximum atomic E-state index is 12.2. The highest BCUT2D eigenvalue weighted by molar-refractivity contribution is 9.10. The fourth-order valence-electron chi connectivity index (χ4n) is 1.79. The molecule has 20 heavy (non-hydrogen) atoms. The Morgan fingerprint density at radius 3 is 2.65 bits per heavy atom. The maximum Gasteiger partial charge on any atom is 0.241 e. The average molecular weight is 353 g/mol. The molecular formula is C15H17BrN2OS. The quantitative estimate of drug-likeness (QED) is 0.882. The largest absolute Gasteiger partial charge is 0.325 e. The number of rotatable bonds is 5. The van der Waals surface area contributed by atoms with E-state index in [1.165, 1.54) is 5.56 Å². The molecule has 0 fully saturated rings. The Labute approximate surface area is 131 Å². The molecule has 0 saturated heterocycles. The van der Waals surface area contributed by atoms with E-state index in [0.717, 1.165) is 16.7 Å². The third-order valence-electron chi connectivity index (χ3n) is 3.16. The predicted molar refractivity (Wildman–Crippen MR) is 88.0 cm³/mol. The number of nitrogens with zero attached hydrogens (tertiary/aromatic N) is 1. The molecule has 106 valence electrons. The summed E-state index contributed by atoms with van der Waals surface area (Å²) in [6, 6.07) is 9.49. The summed E-state index contributed by atoms with van der Waals surface area (Å²) in [5.41, 5.74) is 2.05. The van der Waals surface area contributed by atoms with Crippen molar-refractivity contribution >= 4 is 38.9 Å². The van der Waals surface area contributed by atoms with Crippen molar-refractivity contribution in [3.8, 4) is 0 Å². The fraction of sp³-hybridized carbons (Fsp3) is 0.267. The molecule has 1 heterocycles. The van der Waals surface area contributed by atoms with Crippen LogP contribution in [-0.2, 0) is 11.3 Å². The third-order valence-corrected chi connectivity index (χ3v) is 4.43. The number of carbonyl (C=O) groups is 1. The monoisotopic (exact) mass is 352 g/mol. The van der Waals surface area contributed by atoms with E-state index in [9.17, 15) is 4.79 Å². The van der Waals surface area contributed by atoms with Crippen molar-refractivity contribution in [2.24, 2.45) is 0 Å². The van der Waals surface area contributed by atoms with Crippen molar-refractivity contribution < 1.29 is 4.79 Å². The number of hydrogen-bond donors (Lipinski definition) is 1. The van der Waals surface area contributed by atoms with E-state index in [0.29, 0.717) is 0 Å². The van der Waals surface area contributed by atoms with Crippen molar-refractivity contribution in [1.82, 2.24) is 4.90 Å². The molecule has 0 unspecified atom stereocenters. The number of thiophene rings is 1. The lowest BCUT2D eigenvalue weighted by Crippen LogP contribution is -2.39.